The van der Waals surface area contributed by atoms with Crippen LogP contribution < -0.4 is 0 Å². The van der Waals surface area contributed by atoms with Crippen LogP contribution in [0.1, 0.15) is 44.3 Å². The molecule has 0 aliphatic carbocycles. The summed E-state index contributed by atoms with van der Waals surface area (Å²) in [6, 6.07) is 10.4. The average molecular weight is 289 g/mol. The van der Waals surface area contributed by atoms with Crippen LogP contribution in [0.5, 0.6) is 0 Å². The minimum Gasteiger partial charge on any atom is -0.393 e. The number of rotatable bonds is 6. The van der Waals surface area contributed by atoms with Gasteiger partial charge in [0.1, 0.15) is 0 Å². The normalized spacial score (nSPS) is 25.7. The zero-order valence-electron chi connectivity index (χ0n) is 13.0. The molecule has 0 amide bonds. The molecule has 1 aromatic rings. The van der Waals surface area contributed by atoms with Gasteiger partial charge in [-0.25, -0.2) is 0 Å². The van der Waals surface area contributed by atoms with Crippen molar-refractivity contribution in [1.29, 1.82) is 0 Å². The van der Waals surface area contributed by atoms with Gasteiger partial charge in [-0.2, -0.15) is 0 Å². The van der Waals surface area contributed by atoms with Crippen LogP contribution in [-0.4, -0.2) is 40.3 Å². The molecule has 2 N–H and O–H groups in total. The second-order valence-electron chi connectivity index (χ2n) is 6.01. The van der Waals surface area contributed by atoms with E-state index < -0.39 is 6.10 Å². The Hall–Kier alpha value is -1.16. The van der Waals surface area contributed by atoms with Gasteiger partial charge in [-0.05, 0) is 38.3 Å². The fraction of sp³-hybridized carbons (Fsp3) is 0.556. The van der Waals surface area contributed by atoms with Crippen molar-refractivity contribution in [2.75, 3.05) is 7.05 Å². The van der Waals surface area contributed by atoms with E-state index in [2.05, 4.69) is 24.1 Å². The molecule has 2 unspecified atom stereocenters. The Morgan fingerprint density at radius 1 is 1.19 bits per heavy atom. The number of benzene rings is 1. The number of likely N-dealkylation sites (N-methyl/N-ethyl adjacent to an activating group) is 1. The van der Waals surface area contributed by atoms with Crippen LogP contribution in [0.4, 0.5) is 0 Å². The van der Waals surface area contributed by atoms with Crippen LogP contribution in [0.2, 0.25) is 0 Å². The predicted octanol–water partition coefficient (Wildman–Crippen LogP) is 2.90. The SMILES string of the molecule is CC[C@H](O)CC1CC=CC(C[C@H](O)c2ccccc2)N1C. The summed E-state index contributed by atoms with van der Waals surface area (Å²) in [6.07, 6.45) is 6.96. The Morgan fingerprint density at radius 3 is 2.57 bits per heavy atom. The molecule has 0 fully saturated rings. The maximum atomic E-state index is 10.4. The zero-order chi connectivity index (χ0) is 15.2. The van der Waals surface area contributed by atoms with Crippen LogP contribution >= 0.6 is 0 Å². The second kappa shape index (κ2) is 7.74. The van der Waals surface area contributed by atoms with Gasteiger partial charge in [0, 0.05) is 12.1 Å². The van der Waals surface area contributed by atoms with E-state index >= 15 is 0 Å². The predicted molar refractivity (Wildman–Crippen MR) is 86.0 cm³/mol. The third kappa shape index (κ3) is 4.40. The quantitative estimate of drug-likeness (QED) is 0.791. The molecule has 21 heavy (non-hydrogen) atoms. The molecule has 0 radical (unpaired) electrons. The fourth-order valence-corrected chi connectivity index (χ4v) is 2.99. The van der Waals surface area contributed by atoms with Crippen LogP contribution in [0.25, 0.3) is 0 Å². The van der Waals surface area contributed by atoms with E-state index in [1.54, 1.807) is 0 Å². The van der Waals surface area contributed by atoms with E-state index in [-0.39, 0.29) is 12.1 Å². The van der Waals surface area contributed by atoms with Crippen LogP contribution in [-0.2, 0) is 0 Å². The van der Waals surface area contributed by atoms with Gasteiger partial charge in [-0.15, -0.1) is 0 Å². The molecule has 2 rings (SSSR count). The molecular formula is C18H27NO2. The molecule has 0 saturated heterocycles. The van der Waals surface area contributed by atoms with E-state index in [1.165, 1.54) is 0 Å². The maximum absolute atomic E-state index is 10.4. The maximum Gasteiger partial charge on any atom is 0.0808 e. The lowest BCUT2D eigenvalue weighted by molar-refractivity contribution is 0.0727. The zero-order valence-corrected chi connectivity index (χ0v) is 13.0. The Kier molecular flexibility index (Phi) is 5.97. The lowest BCUT2D eigenvalue weighted by Gasteiger charge is -2.38. The molecule has 1 aromatic carbocycles. The molecule has 0 spiro atoms. The van der Waals surface area contributed by atoms with Crippen molar-refractivity contribution in [3.05, 3.63) is 48.0 Å². The highest BCUT2D eigenvalue weighted by Gasteiger charge is 2.27. The molecular weight excluding hydrogens is 262 g/mol. The Morgan fingerprint density at radius 2 is 1.90 bits per heavy atom. The summed E-state index contributed by atoms with van der Waals surface area (Å²) < 4.78 is 0. The lowest BCUT2D eigenvalue weighted by atomic mass is 9.93. The first-order valence-corrected chi connectivity index (χ1v) is 7.91. The summed E-state index contributed by atoms with van der Waals surface area (Å²) in [6.45, 7) is 2.01. The van der Waals surface area contributed by atoms with Gasteiger partial charge in [0.05, 0.1) is 12.2 Å². The lowest BCUT2D eigenvalue weighted by Crippen LogP contribution is -2.43. The van der Waals surface area contributed by atoms with Gasteiger partial charge in [0.2, 0.25) is 0 Å². The van der Waals surface area contributed by atoms with Crippen LogP contribution in [0, 0.1) is 0 Å². The summed E-state index contributed by atoms with van der Waals surface area (Å²) in [5.74, 6) is 0. The summed E-state index contributed by atoms with van der Waals surface area (Å²) in [5.41, 5.74) is 0.968. The highest BCUT2D eigenvalue weighted by molar-refractivity contribution is 5.18. The van der Waals surface area contributed by atoms with Crippen molar-refractivity contribution >= 4 is 0 Å². The number of aliphatic hydroxyl groups is 2. The molecule has 1 aliphatic rings. The molecule has 0 aromatic heterocycles. The van der Waals surface area contributed by atoms with Crippen molar-refractivity contribution in [2.45, 2.75) is 56.9 Å². The Labute approximate surface area is 127 Å². The first-order valence-electron chi connectivity index (χ1n) is 7.91. The first-order chi connectivity index (χ1) is 10.1. The molecule has 4 atom stereocenters. The molecule has 3 nitrogen and oxygen atoms in total. The van der Waals surface area contributed by atoms with Crippen LogP contribution in [0.3, 0.4) is 0 Å². The third-order valence-electron chi connectivity index (χ3n) is 4.53. The Balaban J connectivity index is 1.96. The number of nitrogens with zero attached hydrogens (tertiary/aromatic N) is 1. The fourth-order valence-electron chi connectivity index (χ4n) is 2.99. The van der Waals surface area contributed by atoms with E-state index in [4.69, 9.17) is 0 Å². The van der Waals surface area contributed by atoms with E-state index in [0.29, 0.717) is 12.5 Å². The van der Waals surface area contributed by atoms with Gasteiger partial charge in [-0.3, -0.25) is 4.90 Å². The van der Waals surface area contributed by atoms with Crippen molar-refractivity contribution in [3.63, 3.8) is 0 Å². The summed E-state index contributed by atoms with van der Waals surface area (Å²) >= 11 is 0. The van der Waals surface area contributed by atoms with Gasteiger partial charge in [0.25, 0.3) is 0 Å². The van der Waals surface area contributed by atoms with E-state index in [1.807, 2.05) is 37.3 Å². The van der Waals surface area contributed by atoms with Gasteiger partial charge < -0.3 is 10.2 Å². The van der Waals surface area contributed by atoms with Gasteiger partial charge >= 0.3 is 0 Å². The molecule has 116 valence electrons. The highest BCUT2D eigenvalue weighted by Crippen LogP contribution is 2.27. The molecule has 0 saturated carbocycles. The summed E-state index contributed by atoms with van der Waals surface area (Å²) in [5, 5.41) is 20.3. The standard InChI is InChI=1S/C18H27NO2/c1-3-17(20)12-15-10-7-11-16(19(15)2)13-18(21)14-8-5-4-6-9-14/h4-9,11,15-18,20-21H,3,10,12-13H2,1-2H3/t15?,16?,17-,18-/m0/s1. The molecule has 3 heteroatoms. The topological polar surface area (TPSA) is 43.7 Å². The van der Waals surface area contributed by atoms with Crippen molar-refractivity contribution < 1.29 is 10.2 Å². The van der Waals surface area contributed by atoms with Crippen molar-refractivity contribution in [1.82, 2.24) is 4.90 Å². The molecule has 1 heterocycles. The van der Waals surface area contributed by atoms with E-state index in [0.717, 1.165) is 24.8 Å². The minimum absolute atomic E-state index is 0.225. The van der Waals surface area contributed by atoms with Gasteiger partial charge in [-0.1, -0.05) is 49.4 Å². The van der Waals surface area contributed by atoms with E-state index in [9.17, 15) is 10.2 Å². The average Bonchev–Trinajstić information content (AvgIpc) is 2.52. The summed E-state index contributed by atoms with van der Waals surface area (Å²) in [4.78, 5) is 2.30. The van der Waals surface area contributed by atoms with Crippen molar-refractivity contribution in [3.8, 4) is 0 Å². The largest absolute Gasteiger partial charge is 0.393 e. The number of hydrogen-bond acceptors (Lipinski definition) is 3. The second-order valence-corrected chi connectivity index (χ2v) is 6.01. The van der Waals surface area contributed by atoms with Gasteiger partial charge in [0.15, 0.2) is 0 Å². The van der Waals surface area contributed by atoms with Crippen LogP contribution in [0.15, 0.2) is 42.5 Å². The molecule has 0 bridgehead atoms. The monoisotopic (exact) mass is 289 g/mol. The number of aliphatic hydroxyl groups excluding tert-OH is 2. The van der Waals surface area contributed by atoms with Crippen molar-refractivity contribution in [2.24, 2.45) is 0 Å². The first kappa shape index (κ1) is 16.2. The number of hydrogen-bond donors (Lipinski definition) is 2. The molecule has 1 aliphatic heterocycles. The Bertz CT molecular complexity index is 446. The highest BCUT2D eigenvalue weighted by atomic mass is 16.3. The third-order valence-corrected chi connectivity index (χ3v) is 4.53. The smallest absolute Gasteiger partial charge is 0.0808 e. The minimum atomic E-state index is -0.446. The summed E-state index contributed by atoms with van der Waals surface area (Å²) in [7, 11) is 2.10.